The van der Waals surface area contributed by atoms with Gasteiger partial charge in [0.15, 0.2) is 0 Å². The van der Waals surface area contributed by atoms with E-state index in [1.165, 1.54) is 6.07 Å². The summed E-state index contributed by atoms with van der Waals surface area (Å²) in [5, 5.41) is 21.7. The first-order chi connectivity index (χ1) is 12.0. The lowest BCUT2D eigenvalue weighted by atomic mass is 10.2. The smallest absolute Gasteiger partial charge is 0.311 e. The van der Waals surface area contributed by atoms with Crippen LogP contribution < -0.4 is 16.0 Å². The molecule has 1 aromatic carbocycles. The normalized spacial score (nSPS) is 16.6. The topological polar surface area (TPSA) is 92.1 Å². The predicted octanol–water partition coefficient (Wildman–Crippen LogP) is 3.68. The Kier molecular flexibility index (Phi) is 5.57. The number of nitrogens with zero attached hydrogens (tertiary/aromatic N) is 2. The van der Waals surface area contributed by atoms with Crippen molar-refractivity contribution >= 4 is 40.5 Å². The van der Waals surface area contributed by atoms with E-state index in [4.69, 9.17) is 23.2 Å². The van der Waals surface area contributed by atoms with Crippen molar-refractivity contribution in [1.29, 1.82) is 0 Å². The number of hydrogen-bond donors (Lipinski definition) is 3. The highest BCUT2D eigenvalue weighted by molar-refractivity contribution is 6.42. The zero-order chi connectivity index (χ0) is 17.8. The Hall–Kier alpha value is -2.09. The van der Waals surface area contributed by atoms with E-state index >= 15 is 0 Å². The molecule has 1 aromatic heterocycles. The van der Waals surface area contributed by atoms with Crippen LogP contribution in [0.1, 0.15) is 12.0 Å². The molecule has 9 heteroatoms. The Balaban J connectivity index is 1.74. The molecule has 0 radical (unpaired) electrons. The SMILES string of the molecule is O=[N+]([O-])c1ccc(NCc2ccc(Cl)c(Cl)c2)nc1N[C@H]1CCNC1. The van der Waals surface area contributed by atoms with Gasteiger partial charge in [-0.25, -0.2) is 4.98 Å². The molecule has 0 amide bonds. The van der Waals surface area contributed by atoms with E-state index in [0.717, 1.165) is 25.1 Å². The van der Waals surface area contributed by atoms with Crippen molar-refractivity contribution in [2.24, 2.45) is 0 Å². The van der Waals surface area contributed by atoms with Crippen LogP contribution in [0.15, 0.2) is 30.3 Å². The second-order valence-corrected chi connectivity index (χ2v) is 6.57. The molecule has 25 heavy (non-hydrogen) atoms. The average molecular weight is 382 g/mol. The van der Waals surface area contributed by atoms with Crippen LogP contribution in [0.4, 0.5) is 17.3 Å². The number of halogens is 2. The molecule has 1 aliphatic heterocycles. The maximum absolute atomic E-state index is 11.2. The second kappa shape index (κ2) is 7.86. The van der Waals surface area contributed by atoms with Gasteiger partial charge < -0.3 is 16.0 Å². The van der Waals surface area contributed by atoms with Gasteiger partial charge in [0.25, 0.3) is 0 Å². The molecule has 2 heterocycles. The highest BCUT2D eigenvalue weighted by atomic mass is 35.5. The summed E-state index contributed by atoms with van der Waals surface area (Å²) in [7, 11) is 0. The number of anilines is 2. The molecule has 0 aliphatic carbocycles. The Morgan fingerprint density at radius 3 is 2.80 bits per heavy atom. The fourth-order valence-corrected chi connectivity index (χ4v) is 2.94. The average Bonchev–Trinajstić information content (AvgIpc) is 3.09. The van der Waals surface area contributed by atoms with E-state index in [1.54, 1.807) is 18.2 Å². The summed E-state index contributed by atoms with van der Waals surface area (Å²) in [6, 6.07) is 8.53. The summed E-state index contributed by atoms with van der Waals surface area (Å²) < 4.78 is 0. The van der Waals surface area contributed by atoms with Gasteiger partial charge in [-0.1, -0.05) is 29.3 Å². The Labute approximate surface area is 154 Å². The second-order valence-electron chi connectivity index (χ2n) is 5.76. The highest BCUT2D eigenvalue weighted by Gasteiger charge is 2.21. The molecule has 0 spiro atoms. The van der Waals surface area contributed by atoms with E-state index in [9.17, 15) is 10.1 Å². The van der Waals surface area contributed by atoms with Crippen molar-refractivity contribution < 1.29 is 4.92 Å². The Morgan fingerprint density at radius 1 is 1.28 bits per heavy atom. The van der Waals surface area contributed by atoms with Gasteiger partial charge >= 0.3 is 5.69 Å². The zero-order valence-corrected chi connectivity index (χ0v) is 14.8. The maximum Gasteiger partial charge on any atom is 0.311 e. The van der Waals surface area contributed by atoms with E-state index in [1.807, 2.05) is 6.07 Å². The standard InChI is InChI=1S/C16H17Cl2N5O2/c17-12-2-1-10(7-13(12)18)8-20-15-4-3-14(23(24)25)16(22-15)21-11-5-6-19-9-11/h1-4,7,11,19H,5-6,8-9H2,(H2,20,21,22)/t11-/m0/s1. The largest absolute Gasteiger partial charge is 0.366 e. The summed E-state index contributed by atoms with van der Waals surface area (Å²) >= 11 is 11.9. The minimum absolute atomic E-state index is 0.0352. The van der Waals surface area contributed by atoms with Crippen molar-refractivity contribution in [1.82, 2.24) is 10.3 Å². The first-order valence-corrected chi connectivity index (χ1v) is 8.59. The lowest BCUT2D eigenvalue weighted by Crippen LogP contribution is -2.23. The molecule has 3 rings (SSSR count). The molecular formula is C16H17Cl2N5O2. The number of hydrogen-bond acceptors (Lipinski definition) is 6. The van der Waals surface area contributed by atoms with E-state index in [2.05, 4.69) is 20.9 Å². The van der Waals surface area contributed by atoms with Gasteiger partial charge in [0.1, 0.15) is 5.82 Å². The molecule has 1 fully saturated rings. The Bertz CT molecular complexity index is 781. The number of rotatable bonds is 6. The number of nitro groups is 1. The van der Waals surface area contributed by atoms with Crippen molar-refractivity contribution in [3.63, 3.8) is 0 Å². The van der Waals surface area contributed by atoms with Gasteiger partial charge in [0.2, 0.25) is 5.82 Å². The molecule has 0 saturated carbocycles. The van der Waals surface area contributed by atoms with E-state index in [0.29, 0.717) is 22.4 Å². The van der Waals surface area contributed by atoms with Gasteiger partial charge in [-0.3, -0.25) is 10.1 Å². The van der Waals surface area contributed by atoms with Crippen LogP contribution >= 0.6 is 23.2 Å². The summed E-state index contributed by atoms with van der Waals surface area (Å²) in [4.78, 5) is 15.1. The minimum atomic E-state index is -0.430. The van der Waals surface area contributed by atoms with Crippen molar-refractivity contribution in [2.45, 2.75) is 19.0 Å². The molecule has 1 saturated heterocycles. The molecule has 1 atom stereocenters. The number of benzene rings is 1. The van der Waals surface area contributed by atoms with Gasteiger partial charge in [-0.05, 0) is 36.7 Å². The number of nitrogens with one attached hydrogen (secondary N) is 3. The number of pyridine rings is 1. The number of aromatic nitrogens is 1. The fourth-order valence-electron chi connectivity index (χ4n) is 2.62. The monoisotopic (exact) mass is 381 g/mol. The maximum atomic E-state index is 11.2. The lowest BCUT2D eigenvalue weighted by molar-refractivity contribution is -0.384. The molecule has 7 nitrogen and oxygen atoms in total. The highest BCUT2D eigenvalue weighted by Crippen LogP contribution is 2.26. The fraction of sp³-hybridized carbons (Fsp3) is 0.312. The Morgan fingerprint density at radius 2 is 2.12 bits per heavy atom. The molecule has 0 bridgehead atoms. The lowest BCUT2D eigenvalue weighted by Gasteiger charge is -2.14. The van der Waals surface area contributed by atoms with E-state index in [-0.39, 0.29) is 17.5 Å². The third-order valence-corrected chi connectivity index (χ3v) is 4.67. The van der Waals surface area contributed by atoms with Crippen molar-refractivity contribution in [3.05, 3.63) is 56.1 Å². The van der Waals surface area contributed by atoms with Gasteiger partial charge in [-0.15, -0.1) is 0 Å². The molecule has 1 aliphatic rings. The van der Waals surface area contributed by atoms with Crippen LogP contribution in [0.5, 0.6) is 0 Å². The quantitative estimate of drug-likeness (QED) is 0.522. The van der Waals surface area contributed by atoms with Crippen molar-refractivity contribution in [2.75, 3.05) is 23.7 Å². The van der Waals surface area contributed by atoms with E-state index < -0.39 is 4.92 Å². The van der Waals surface area contributed by atoms with Gasteiger partial charge in [0, 0.05) is 25.2 Å². The van der Waals surface area contributed by atoms with Crippen LogP contribution in [-0.2, 0) is 6.54 Å². The molecule has 2 aromatic rings. The van der Waals surface area contributed by atoms with Crippen LogP contribution in [0.3, 0.4) is 0 Å². The summed E-state index contributed by atoms with van der Waals surface area (Å²) in [6.45, 7) is 2.13. The van der Waals surface area contributed by atoms with Crippen LogP contribution in [0, 0.1) is 10.1 Å². The zero-order valence-electron chi connectivity index (χ0n) is 13.3. The first kappa shape index (κ1) is 17.7. The van der Waals surface area contributed by atoms with Crippen LogP contribution in [0.25, 0.3) is 0 Å². The van der Waals surface area contributed by atoms with Crippen LogP contribution in [-0.4, -0.2) is 29.0 Å². The van der Waals surface area contributed by atoms with Crippen molar-refractivity contribution in [3.8, 4) is 0 Å². The summed E-state index contributed by atoms with van der Waals surface area (Å²) in [5.74, 6) is 0.822. The molecule has 3 N–H and O–H groups in total. The molecular weight excluding hydrogens is 365 g/mol. The molecule has 132 valence electrons. The predicted molar refractivity (Wildman–Crippen MR) is 99.6 cm³/mol. The first-order valence-electron chi connectivity index (χ1n) is 7.83. The summed E-state index contributed by atoms with van der Waals surface area (Å²) in [5.41, 5.74) is 0.899. The summed E-state index contributed by atoms with van der Waals surface area (Å²) in [6.07, 6.45) is 0.903. The molecule has 0 unspecified atom stereocenters. The van der Waals surface area contributed by atoms with Crippen LogP contribution in [0.2, 0.25) is 10.0 Å². The minimum Gasteiger partial charge on any atom is -0.366 e. The van der Waals surface area contributed by atoms with Gasteiger partial charge in [-0.2, -0.15) is 0 Å². The third-order valence-electron chi connectivity index (χ3n) is 3.93. The van der Waals surface area contributed by atoms with Gasteiger partial charge in [0.05, 0.1) is 15.0 Å². The third kappa shape index (κ3) is 4.50.